The van der Waals surface area contributed by atoms with Crippen molar-refractivity contribution in [2.45, 2.75) is 32.1 Å². The van der Waals surface area contributed by atoms with Crippen LogP contribution in [0.3, 0.4) is 0 Å². The lowest BCUT2D eigenvalue weighted by molar-refractivity contribution is -0.118. The lowest BCUT2D eigenvalue weighted by Crippen LogP contribution is -2.44. The second-order valence-corrected chi connectivity index (χ2v) is 6.94. The van der Waals surface area contributed by atoms with Gasteiger partial charge in [0.2, 0.25) is 5.91 Å². The summed E-state index contributed by atoms with van der Waals surface area (Å²) in [4.78, 5) is 14.3. The summed E-state index contributed by atoms with van der Waals surface area (Å²) in [6.45, 7) is 2.29. The average molecular weight is 325 g/mol. The van der Waals surface area contributed by atoms with Crippen LogP contribution < -0.4 is 5.32 Å². The predicted octanol–water partition coefficient (Wildman–Crippen LogP) is 3.93. The van der Waals surface area contributed by atoms with Crippen LogP contribution in [0.15, 0.2) is 18.2 Å². The van der Waals surface area contributed by atoms with Gasteiger partial charge in [-0.05, 0) is 49.4 Å². The summed E-state index contributed by atoms with van der Waals surface area (Å²) in [6.07, 6.45) is 6.48. The third-order valence-electron chi connectivity index (χ3n) is 4.95. The Morgan fingerprint density at radius 2 is 2.05 bits per heavy atom. The first-order chi connectivity index (χ1) is 10.6. The summed E-state index contributed by atoms with van der Waals surface area (Å²) < 4.78 is 13.6. The maximum Gasteiger partial charge on any atom is 0.238 e. The van der Waals surface area contributed by atoms with Crippen molar-refractivity contribution in [3.05, 3.63) is 29.0 Å². The Morgan fingerprint density at radius 1 is 1.27 bits per heavy atom. The van der Waals surface area contributed by atoms with Crippen LogP contribution in [0.25, 0.3) is 0 Å². The summed E-state index contributed by atoms with van der Waals surface area (Å²) in [5, 5.41) is 3.05. The fourth-order valence-corrected chi connectivity index (χ4v) is 3.98. The van der Waals surface area contributed by atoms with E-state index in [2.05, 4.69) is 10.2 Å². The maximum atomic E-state index is 13.6. The Bertz CT molecular complexity index is 551. The molecule has 3 rings (SSSR count). The highest BCUT2D eigenvalue weighted by Crippen LogP contribution is 2.35. The van der Waals surface area contributed by atoms with E-state index in [0.717, 1.165) is 24.9 Å². The molecule has 0 unspecified atom stereocenters. The van der Waals surface area contributed by atoms with Crippen molar-refractivity contribution in [3.8, 4) is 0 Å². The number of amides is 1. The summed E-state index contributed by atoms with van der Waals surface area (Å²) in [5.41, 5.74) is 0.157. The molecular formula is C17H22ClFN2O. The number of halogens is 2. The molecule has 0 bridgehead atoms. The van der Waals surface area contributed by atoms with E-state index in [9.17, 15) is 9.18 Å². The van der Waals surface area contributed by atoms with Crippen molar-refractivity contribution in [2.24, 2.45) is 11.8 Å². The van der Waals surface area contributed by atoms with Crippen LogP contribution in [0.4, 0.5) is 10.1 Å². The van der Waals surface area contributed by atoms with E-state index in [1.54, 1.807) is 0 Å². The molecule has 22 heavy (non-hydrogen) atoms. The van der Waals surface area contributed by atoms with Gasteiger partial charge in [0.15, 0.2) is 0 Å². The fourth-order valence-electron chi connectivity index (χ4n) is 3.81. The highest BCUT2D eigenvalue weighted by molar-refractivity contribution is 6.30. The van der Waals surface area contributed by atoms with Crippen molar-refractivity contribution in [1.29, 1.82) is 0 Å². The molecule has 2 fully saturated rings. The number of benzene rings is 1. The molecular weight excluding hydrogens is 303 g/mol. The summed E-state index contributed by atoms with van der Waals surface area (Å²) in [6, 6.07) is 4.19. The van der Waals surface area contributed by atoms with Crippen molar-refractivity contribution >= 4 is 23.2 Å². The molecule has 1 aromatic rings. The predicted molar refractivity (Wildman–Crippen MR) is 86.5 cm³/mol. The molecule has 2 aliphatic rings. The van der Waals surface area contributed by atoms with Gasteiger partial charge in [0.25, 0.3) is 0 Å². The van der Waals surface area contributed by atoms with Crippen LogP contribution in [0.1, 0.15) is 32.1 Å². The molecule has 0 radical (unpaired) electrons. The lowest BCUT2D eigenvalue weighted by atomic mass is 9.75. The molecule has 0 aromatic heterocycles. The largest absolute Gasteiger partial charge is 0.322 e. The van der Waals surface area contributed by atoms with Crippen LogP contribution in [0.5, 0.6) is 0 Å². The number of nitrogens with zero attached hydrogens (tertiary/aromatic N) is 1. The molecule has 2 atom stereocenters. The second-order valence-electron chi connectivity index (χ2n) is 6.50. The van der Waals surface area contributed by atoms with E-state index in [1.165, 1.54) is 50.3 Å². The van der Waals surface area contributed by atoms with E-state index < -0.39 is 5.82 Å². The van der Waals surface area contributed by atoms with E-state index in [4.69, 9.17) is 11.6 Å². The molecule has 1 aliphatic heterocycles. The number of fused-ring (bicyclic) bond motifs is 1. The van der Waals surface area contributed by atoms with Crippen LogP contribution in [-0.2, 0) is 4.79 Å². The van der Waals surface area contributed by atoms with E-state index in [1.807, 2.05) is 0 Å². The van der Waals surface area contributed by atoms with Crippen LogP contribution >= 0.6 is 11.6 Å². The second kappa shape index (κ2) is 6.97. The Balaban J connectivity index is 1.54. The molecule has 0 spiro atoms. The molecule has 1 saturated heterocycles. The maximum absolute atomic E-state index is 13.6. The SMILES string of the molecule is O=C(CN1CC[C@H]2CCCC[C@@H]2C1)Nc1cc(Cl)ccc1F. The Labute approximate surface area is 135 Å². The van der Waals surface area contributed by atoms with Crippen LogP contribution in [0.2, 0.25) is 5.02 Å². The normalized spacial score (nSPS) is 25.5. The number of rotatable bonds is 3. The van der Waals surface area contributed by atoms with Gasteiger partial charge in [0.1, 0.15) is 5.82 Å². The van der Waals surface area contributed by atoms with Gasteiger partial charge in [0, 0.05) is 11.6 Å². The van der Waals surface area contributed by atoms with Gasteiger partial charge in [-0.25, -0.2) is 4.39 Å². The molecule has 1 aliphatic carbocycles. The number of carbonyl (C=O) groups is 1. The van der Waals surface area contributed by atoms with Gasteiger partial charge in [-0.3, -0.25) is 9.69 Å². The first-order valence-electron chi connectivity index (χ1n) is 8.09. The van der Waals surface area contributed by atoms with Crippen LogP contribution in [0, 0.1) is 17.7 Å². The van der Waals surface area contributed by atoms with Crippen LogP contribution in [-0.4, -0.2) is 30.4 Å². The molecule has 1 saturated carbocycles. The van der Waals surface area contributed by atoms with Gasteiger partial charge < -0.3 is 5.32 Å². The zero-order valence-electron chi connectivity index (χ0n) is 12.7. The average Bonchev–Trinajstić information content (AvgIpc) is 2.51. The van der Waals surface area contributed by atoms with Gasteiger partial charge in [-0.15, -0.1) is 0 Å². The number of likely N-dealkylation sites (tertiary alicyclic amines) is 1. The van der Waals surface area contributed by atoms with Crippen molar-refractivity contribution in [3.63, 3.8) is 0 Å². The molecule has 1 heterocycles. The Morgan fingerprint density at radius 3 is 2.86 bits per heavy atom. The van der Waals surface area contributed by atoms with E-state index in [0.29, 0.717) is 11.6 Å². The fraction of sp³-hybridized carbons (Fsp3) is 0.588. The van der Waals surface area contributed by atoms with Gasteiger partial charge in [0.05, 0.1) is 12.2 Å². The minimum Gasteiger partial charge on any atom is -0.322 e. The molecule has 5 heteroatoms. The monoisotopic (exact) mass is 324 g/mol. The zero-order valence-corrected chi connectivity index (χ0v) is 13.4. The first kappa shape index (κ1) is 15.8. The van der Waals surface area contributed by atoms with Crippen molar-refractivity contribution in [1.82, 2.24) is 4.90 Å². The third kappa shape index (κ3) is 3.79. The molecule has 3 nitrogen and oxygen atoms in total. The number of hydrogen-bond donors (Lipinski definition) is 1. The highest BCUT2D eigenvalue weighted by Gasteiger charge is 2.31. The lowest BCUT2D eigenvalue weighted by Gasteiger charge is -2.41. The highest BCUT2D eigenvalue weighted by atomic mass is 35.5. The van der Waals surface area contributed by atoms with E-state index in [-0.39, 0.29) is 11.6 Å². The molecule has 1 amide bonds. The Hall–Kier alpha value is -1.13. The Kier molecular flexibility index (Phi) is 4.99. The first-order valence-corrected chi connectivity index (χ1v) is 8.47. The quantitative estimate of drug-likeness (QED) is 0.913. The third-order valence-corrected chi connectivity index (χ3v) is 5.18. The number of piperidine rings is 1. The van der Waals surface area contributed by atoms with Gasteiger partial charge in [-0.1, -0.05) is 30.9 Å². The minimum atomic E-state index is -0.455. The van der Waals surface area contributed by atoms with Gasteiger partial charge >= 0.3 is 0 Å². The summed E-state index contributed by atoms with van der Waals surface area (Å²) in [5.74, 6) is 0.954. The van der Waals surface area contributed by atoms with E-state index >= 15 is 0 Å². The number of anilines is 1. The summed E-state index contributed by atoms with van der Waals surface area (Å²) in [7, 11) is 0. The minimum absolute atomic E-state index is 0.157. The molecule has 120 valence electrons. The smallest absolute Gasteiger partial charge is 0.238 e. The number of hydrogen-bond acceptors (Lipinski definition) is 2. The number of nitrogens with one attached hydrogen (secondary N) is 1. The molecule has 1 aromatic carbocycles. The molecule has 1 N–H and O–H groups in total. The number of carbonyl (C=O) groups excluding carboxylic acids is 1. The topological polar surface area (TPSA) is 32.3 Å². The van der Waals surface area contributed by atoms with Crippen molar-refractivity contribution in [2.75, 3.05) is 25.0 Å². The van der Waals surface area contributed by atoms with Crippen molar-refractivity contribution < 1.29 is 9.18 Å². The standard InChI is InChI=1S/C17H22ClFN2O/c18-14-5-6-15(19)16(9-14)20-17(22)11-21-8-7-12-3-1-2-4-13(12)10-21/h5-6,9,12-13H,1-4,7-8,10-11H2,(H,20,22)/t12-,13-/m1/s1. The zero-order chi connectivity index (χ0) is 15.5. The summed E-state index contributed by atoms with van der Waals surface area (Å²) >= 11 is 5.84. The van der Waals surface area contributed by atoms with Gasteiger partial charge in [-0.2, -0.15) is 0 Å².